The highest BCUT2D eigenvalue weighted by Gasteiger charge is 2.09. The minimum absolute atomic E-state index is 0.643. The second kappa shape index (κ2) is 5.29. The first kappa shape index (κ1) is 12.1. The summed E-state index contributed by atoms with van der Waals surface area (Å²) in [6, 6.07) is 8.05. The molecule has 4 heteroatoms. The quantitative estimate of drug-likeness (QED) is 0.904. The number of aromatic nitrogens is 1. The van der Waals surface area contributed by atoms with Gasteiger partial charge in [0, 0.05) is 6.42 Å². The summed E-state index contributed by atoms with van der Waals surface area (Å²) in [5.41, 5.74) is 7.77. The van der Waals surface area contributed by atoms with Crippen molar-refractivity contribution in [2.45, 2.75) is 13.3 Å². The molecule has 0 fully saturated rings. The van der Waals surface area contributed by atoms with Crippen molar-refractivity contribution in [2.24, 2.45) is 5.73 Å². The van der Waals surface area contributed by atoms with Crippen LogP contribution in [0.3, 0.4) is 0 Å². The molecule has 17 heavy (non-hydrogen) atoms. The van der Waals surface area contributed by atoms with Gasteiger partial charge in [0.05, 0.1) is 22.7 Å². The van der Waals surface area contributed by atoms with Gasteiger partial charge in [0.15, 0.2) is 0 Å². The molecule has 0 spiro atoms. The highest BCUT2D eigenvalue weighted by atomic mass is 32.1. The van der Waals surface area contributed by atoms with E-state index in [0.29, 0.717) is 6.54 Å². The minimum Gasteiger partial charge on any atom is -0.497 e. The van der Waals surface area contributed by atoms with Gasteiger partial charge in [-0.3, -0.25) is 0 Å². The third-order valence-electron chi connectivity index (χ3n) is 2.53. The topological polar surface area (TPSA) is 48.1 Å². The van der Waals surface area contributed by atoms with Gasteiger partial charge in [0.25, 0.3) is 0 Å². The smallest absolute Gasteiger partial charge is 0.119 e. The van der Waals surface area contributed by atoms with Gasteiger partial charge in [0.1, 0.15) is 5.75 Å². The second-order valence-corrected chi connectivity index (χ2v) is 4.88. The molecule has 0 unspecified atom stereocenters. The second-order valence-electron chi connectivity index (χ2n) is 3.79. The molecule has 2 N–H and O–H groups in total. The molecule has 2 rings (SSSR count). The molecule has 0 aliphatic rings. The molecule has 1 heterocycles. The van der Waals surface area contributed by atoms with Crippen LogP contribution in [0.15, 0.2) is 24.3 Å². The highest BCUT2D eigenvalue weighted by Crippen LogP contribution is 2.32. The summed E-state index contributed by atoms with van der Waals surface area (Å²) >= 11 is 1.71. The fourth-order valence-corrected chi connectivity index (χ4v) is 2.79. The summed E-state index contributed by atoms with van der Waals surface area (Å²) in [6.45, 7) is 2.68. The molecule has 2 aromatic rings. The molecule has 0 amide bonds. The lowest BCUT2D eigenvalue weighted by Crippen LogP contribution is -2.01. The van der Waals surface area contributed by atoms with E-state index >= 15 is 0 Å². The Morgan fingerprint density at radius 3 is 2.94 bits per heavy atom. The zero-order valence-electron chi connectivity index (χ0n) is 10.1. The Balaban J connectivity index is 2.37. The van der Waals surface area contributed by atoms with Gasteiger partial charge in [-0.25, -0.2) is 4.98 Å². The van der Waals surface area contributed by atoms with Crippen LogP contribution in [0.4, 0.5) is 0 Å². The Bertz CT molecular complexity index is 508. The molecule has 0 saturated carbocycles. The SMILES string of the molecule is COc1cccc(-c2sc(CCN)nc2C)c1. The molecular formula is C13H16N2OS. The third-order valence-corrected chi connectivity index (χ3v) is 3.80. The van der Waals surface area contributed by atoms with Crippen LogP contribution < -0.4 is 10.5 Å². The van der Waals surface area contributed by atoms with Crippen LogP contribution in [0.2, 0.25) is 0 Å². The molecule has 1 aromatic heterocycles. The first-order valence-corrected chi connectivity index (χ1v) is 6.37. The van der Waals surface area contributed by atoms with Crippen LogP contribution in [-0.4, -0.2) is 18.6 Å². The summed E-state index contributed by atoms with van der Waals surface area (Å²) in [5.74, 6) is 0.871. The van der Waals surface area contributed by atoms with Crippen LogP contribution in [-0.2, 0) is 6.42 Å². The molecule has 0 bridgehead atoms. The number of benzene rings is 1. The summed E-state index contributed by atoms with van der Waals surface area (Å²) < 4.78 is 5.23. The molecule has 1 aromatic carbocycles. The monoisotopic (exact) mass is 248 g/mol. The van der Waals surface area contributed by atoms with Crippen molar-refractivity contribution in [3.05, 3.63) is 35.0 Å². The number of nitrogens with zero attached hydrogens (tertiary/aromatic N) is 1. The van der Waals surface area contributed by atoms with E-state index in [0.717, 1.165) is 28.4 Å². The van der Waals surface area contributed by atoms with Gasteiger partial charge in [-0.15, -0.1) is 11.3 Å². The maximum atomic E-state index is 5.55. The van der Waals surface area contributed by atoms with E-state index in [4.69, 9.17) is 10.5 Å². The van der Waals surface area contributed by atoms with Crippen molar-refractivity contribution in [2.75, 3.05) is 13.7 Å². The van der Waals surface area contributed by atoms with Crippen LogP contribution in [0.1, 0.15) is 10.7 Å². The van der Waals surface area contributed by atoms with E-state index in [9.17, 15) is 0 Å². The van der Waals surface area contributed by atoms with Gasteiger partial charge in [0.2, 0.25) is 0 Å². The van der Waals surface area contributed by atoms with Crippen molar-refractivity contribution in [1.29, 1.82) is 0 Å². The molecule has 90 valence electrons. The standard InChI is InChI=1S/C13H16N2OS/c1-9-13(17-12(15-9)6-7-14)10-4-3-5-11(8-10)16-2/h3-5,8H,6-7,14H2,1-2H3. The van der Waals surface area contributed by atoms with E-state index < -0.39 is 0 Å². The normalized spacial score (nSPS) is 10.5. The number of thiazole rings is 1. The Morgan fingerprint density at radius 2 is 2.24 bits per heavy atom. The summed E-state index contributed by atoms with van der Waals surface area (Å²) in [4.78, 5) is 5.73. The number of aryl methyl sites for hydroxylation is 1. The van der Waals surface area contributed by atoms with E-state index in [1.165, 1.54) is 4.88 Å². The van der Waals surface area contributed by atoms with Crippen molar-refractivity contribution in [3.63, 3.8) is 0 Å². The Kier molecular flexibility index (Phi) is 3.76. The number of ether oxygens (including phenoxy) is 1. The maximum Gasteiger partial charge on any atom is 0.119 e. The number of nitrogens with two attached hydrogens (primary N) is 1. The lowest BCUT2D eigenvalue weighted by molar-refractivity contribution is 0.415. The highest BCUT2D eigenvalue weighted by molar-refractivity contribution is 7.15. The Morgan fingerprint density at radius 1 is 1.41 bits per heavy atom. The lowest BCUT2D eigenvalue weighted by Gasteiger charge is -2.02. The van der Waals surface area contributed by atoms with Crippen molar-refractivity contribution >= 4 is 11.3 Å². The largest absolute Gasteiger partial charge is 0.497 e. The van der Waals surface area contributed by atoms with Crippen LogP contribution in [0, 0.1) is 6.92 Å². The van der Waals surface area contributed by atoms with Gasteiger partial charge >= 0.3 is 0 Å². The first-order valence-electron chi connectivity index (χ1n) is 5.55. The molecular weight excluding hydrogens is 232 g/mol. The van der Waals surface area contributed by atoms with Gasteiger partial charge in [-0.05, 0) is 31.2 Å². The zero-order valence-corrected chi connectivity index (χ0v) is 10.9. The minimum atomic E-state index is 0.643. The van der Waals surface area contributed by atoms with Crippen LogP contribution >= 0.6 is 11.3 Å². The van der Waals surface area contributed by atoms with Crippen molar-refractivity contribution in [1.82, 2.24) is 4.98 Å². The predicted octanol–water partition coefficient (Wildman–Crippen LogP) is 2.63. The average Bonchev–Trinajstić information content (AvgIpc) is 2.71. The number of hydrogen-bond acceptors (Lipinski definition) is 4. The maximum absolute atomic E-state index is 5.55. The zero-order chi connectivity index (χ0) is 12.3. The Hall–Kier alpha value is -1.39. The molecule has 0 radical (unpaired) electrons. The molecule has 0 aliphatic carbocycles. The molecule has 0 atom stereocenters. The van der Waals surface area contributed by atoms with E-state index in [1.54, 1.807) is 18.4 Å². The number of methoxy groups -OCH3 is 1. The molecule has 3 nitrogen and oxygen atoms in total. The summed E-state index contributed by atoms with van der Waals surface area (Å²) in [5, 5.41) is 1.10. The summed E-state index contributed by atoms with van der Waals surface area (Å²) in [7, 11) is 1.68. The first-order chi connectivity index (χ1) is 8.24. The van der Waals surface area contributed by atoms with Gasteiger partial charge < -0.3 is 10.5 Å². The predicted molar refractivity (Wildman–Crippen MR) is 71.6 cm³/mol. The summed E-state index contributed by atoms with van der Waals surface area (Å²) in [6.07, 6.45) is 0.843. The third kappa shape index (κ3) is 2.65. The van der Waals surface area contributed by atoms with Crippen LogP contribution in [0.25, 0.3) is 10.4 Å². The fraction of sp³-hybridized carbons (Fsp3) is 0.308. The van der Waals surface area contributed by atoms with Crippen molar-refractivity contribution in [3.8, 4) is 16.2 Å². The number of hydrogen-bond donors (Lipinski definition) is 1. The average molecular weight is 248 g/mol. The Labute approximate surface area is 105 Å². The van der Waals surface area contributed by atoms with Crippen LogP contribution in [0.5, 0.6) is 5.75 Å². The molecule has 0 saturated heterocycles. The van der Waals surface area contributed by atoms with Gasteiger partial charge in [-0.2, -0.15) is 0 Å². The number of rotatable bonds is 4. The van der Waals surface area contributed by atoms with Crippen molar-refractivity contribution < 1.29 is 4.74 Å². The van der Waals surface area contributed by atoms with E-state index in [-0.39, 0.29) is 0 Å². The van der Waals surface area contributed by atoms with E-state index in [1.807, 2.05) is 25.1 Å². The fourth-order valence-electron chi connectivity index (χ4n) is 1.71. The van der Waals surface area contributed by atoms with E-state index in [2.05, 4.69) is 11.1 Å². The van der Waals surface area contributed by atoms with Gasteiger partial charge in [-0.1, -0.05) is 12.1 Å². The molecule has 0 aliphatic heterocycles. The lowest BCUT2D eigenvalue weighted by atomic mass is 10.1.